The Kier molecular flexibility index (Phi) is 4.43. The van der Waals surface area contributed by atoms with Crippen LogP contribution in [-0.4, -0.2) is 42.1 Å². The standard InChI is InChI=1S/C12H23NO4S/c1-9-6-5-7-13(10(9)11(14)15)18(16,17)8-12(2,3)4/h9-10H,5-8H2,1-4H3,(H,14,15). The minimum atomic E-state index is -3.52. The molecular formula is C12H23NO4S. The van der Waals surface area contributed by atoms with E-state index in [-0.39, 0.29) is 17.1 Å². The monoisotopic (exact) mass is 277 g/mol. The van der Waals surface area contributed by atoms with Gasteiger partial charge in [0.25, 0.3) is 0 Å². The third-order valence-electron chi connectivity index (χ3n) is 3.11. The van der Waals surface area contributed by atoms with Gasteiger partial charge in [-0.15, -0.1) is 0 Å². The highest BCUT2D eigenvalue weighted by Gasteiger charge is 2.41. The van der Waals surface area contributed by atoms with Gasteiger partial charge in [-0.05, 0) is 24.2 Å². The molecule has 1 fully saturated rings. The van der Waals surface area contributed by atoms with E-state index in [0.29, 0.717) is 6.54 Å². The van der Waals surface area contributed by atoms with Crippen molar-refractivity contribution >= 4 is 16.0 Å². The van der Waals surface area contributed by atoms with E-state index >= 15 is 0 Å². The van der Waals surface area contributed by atoms with Gasteiger partial charge in [-0.3, -0.25) is 4.79 Å². The summed E-state index contributed by atoms with van der Waals surface area (Å²) >= 11 is 0. The fourth-order valence-electron chi connectivity index (χ4n) is 2.46. The summed E-state index contributed by atoms with van der Waals surface area (Å²) < 4.78 is 25.8. The molecule has 1 rings (SSSR count). The Morgan fingerprint density at radius 3 is 2.39 bits per heavy atom. The van der Waals surface area contributed by atoms with Crippen LogP contribution < -0.4 is 0 Å². The van der Waals surface area contributed by atoms with Crippen LogP contribution >= 0.6 is 0 Å². The van der Waals surface area contributed by atoms with Gasteiger partial charge in [-0.1, -0.05) is 27.7 Å². The van der Waals surface area contributed by atoms with Gasteiger partial charge in [0, 0.05) is 6.54 Å². The third kappa shape index (κ3) is 3.68. The highest BCUT2D eigenvalue weighted by Crippen LogP contribution is 2.28. The average Bonchev–Trinajstić information content (AvgIpc) is 2.12. The van der Waals surface area contributed by atoms with Crippen molar-refractivity contribution in [3.63, 3.8) is 0 Å². The van der Waals surface area contributed by atoms with Crippen molar-refractivity contribution in [1.82, 2.24) is 4.31 Å². The molecular weight excluding hydrogens is 254 g/mol. The van der Waals surface area contributed by atoms with Gasteiger partial charge in [0.1, 0.15) is 6.04 Å². The van der Waals surface area contributed by atoms with Crippen LogP contribution in [0.3, 0.4) is 0 Å². The molecule has 1 heterocycles. The fourth-order valence-corrected chi connectivity index (χ4v) is 4.77. The summed E-state index contributed by atoms with van der Waals surface area (Å²) in [5.41, 5.74) is -0.372. The Labute approximate surface area is 109 Å². The molecule has 0 amide bonds. The summed E-state index contributed by atoms with van der Waals surface area (Å²) in [4.78, 5) is 11.3. The number of aliphatic carboxylic acids is 1. The molecule has 1 saturated heterocycles. The molecule has 0 bridgehead atoms. The number of hydrogen-bond donors (Lipinski definition) is 1. The van der Waals surface area contributed by atoms with Crippen LogP contribution in [0, 0.1) is 11.3 Å². The molecule has 106 valence electrons. The smallest absolute Gasteiger partial charge is 0.322 e. The Balaban J connectivity index is 3.01. The third-order valence-corrected chi connectivity index (χ3v) is 5.47. The Hall–Kier alpha value is -0.620. The highest BCUT2D eigenvalue weighted by atomic mass is 32.2. The second kappa shape index (κ2) is 5.17. The summed E-state index contributed by atoms with van der Waals surface area (Å²) in [6, 6.07) is -0.911. The molecule has 2 atom stereocenters. The van der Waals surface area contributed by atoms with Crippen molar-refractivity contribution in [3.8, 4) is 0 Å². The van der Waals surface area contributed by atoms with Crippen LogP contribution in [0.1, 0.15) is 40.5 Å². The summed E-state index contributed by atoms with van der Waals surface area (Å²) in [5, 5.41) is 9.23. The highest BCUT2D eigenvalue weighted by molar-refractivity contribution is 7.89. The van der Waals surface area contributed by atoms with Crippen LogP contribution in [0.25, 0.3) is 0 Å². The van der Waals surface area contributed by atoms with Gasteiger partial charge in [0.05, 0.1) is 5.75 Å². The molecule has 0 aromatic heterocycles. The largest absolute Gasteiger partial charge is 0.480 e. The van der Waals surface area contributed by atoms with Gasteiger partial charge >= 0.3 is 5.97 Å². The zero-order valence-corrected chi connectivity index (χ0v) is 12.3. The van der Waals surface area contributed by atoms with E-state index < -0.39 is 22.0 Å². The van der Waals surface area contributed by atoms with E-state index in [9.17, 15) is 18.3 Å². The van der Waals surface area contributed by atoms with Crippen molar-refractivity contribution in [2.45, 2.75) is 46.6 Å². The number of carbonyl (C=O) groups is 1. The van der Waals surface area contributed by atoms with Gasteiger partial charge in [0.15, 0.2) is 0 Å². The van der Waals surface area contributed by atoms with Gasteiger partial charge in [0.2, 0.25) is 10.0 Å². The number of carboxylic acid groups (broad SMARTS) is 1. The molecule has 18 heavy (non-hydrogen) atoms. The maximum Gasteiger partial charge on any atom is 0.322 e. The second-order valence-electron chi connectivity index (χ2n) is 6.33. The Morgan fingerprint density at radius 1 is 1.39 bits per heavy atom. The topological polar surface area (TPSA) is 74.7 Å². The molecule has 0 aromatic rings. The van der Waals surface area contributed by atoms with E-state index in [1.165, 1.54) is 4.31 Å². The van der Waals surface area contributed by atoms with Crippen LogP contribution in [0.4, 0.5) is 0 Å². The molecule has 0 spiro atoms. The summed E-state index contributed by atoms with van der Waals surface area (Å²) in [6.07, 6.45) is 1.49. The summed E-state index contributed by atoms with van der Waals surface area (Å²) in [7, 11) is -3.52. The molecule has 1 aliphatic heterocycles. The van der Waals surface area contributed by atoms with Crippen molar-refractivity contribution < 1.29 is 18.3 Å². The van der Waals surface area contributed by atoms with Gasteiger partial charge in [-0.2, -0.15) is 4.31 Å². The van der Waals surface area contributed by atoms with Crippen LogP contribution in [0.2, 0.25) is 0 Å². The van der Waals surface area contributed by atoms with Crippen molar-refractivity contribution in [2.75, 3.05) is 12.3 Å². The molecule has 0 radical (unpaired) electrons. The molecule has 1 aliphatic rings. The second-order valence-corrected chi connectivity index (χ2v) is 8.25. The number of piperidine rings is 1. The lowest BCUT2D eigenvalue weighted by atomic mass is 9.93. The minimum absolute atomic E-state index is 0.0174. The van der Waals surface area contributed by atoms with E-state index in [0.717, 1.165) is 12.8 Å². The van der Waals surface area contributed by atoms with E-state index in [1.54, 1.807) is 6.92 Å². The van der Waals surface area contributed by atoms with Gasteiger partial charge < -0.3 is 5.11 Å². The van der Waals surface area contributed by atoms with Gasteiger partial charge in [-0.25, -0.2) is 8.42 Å². The molecule has 1 N–H and O–H groups in total. The first kappa shape index (κ1) is 15.4. The van der Waals surface area contributed by atoms with Crippen LogP contribution in [-0.2, 0) is 14.8 Å². The summed E-state index contributed by atoms with van der Waals surface area (Å²) in [6.45, 7) is 7.65. The van der Waals surface area contributed by atoms with E-state index in [2.05, 4.69) is 0 Å². The van der Waals surface area contributed by atoms with Crippen LogP contribution in [0.5, 0.6) is 0 Å². The zero-order valence-electron chi connectivity index (χ0n) is 11.5. The lowest BCUT2D eigenvalue weighted by molar-refractivity contribution is -0.144. The molecule has 0 aromatic carbocycles. The number of carboxylic acids is 1. The maximum atomic E-state index is 12.3. The minimum Gasteiger partial charge on any atom is -0.480 e. The predicted octanol–water partition coefficient (Wildman–Crippen LogP) is 1.55. The maximum absolute atomic E-state index is 12.3. The predicted molar refractivity (Wildman–Crippen MR) is 69.8 cm³/mol. The average molecular weight is 277 g/mol. The SMILES string of the molecule is CC1CCCN(S(=O)(=O)CC(C)(C)C)C1C(=O)O. The fraction of sp³-hybridized carbons (Fsp3) is 0.917. The van der Waals surface area contributed by atoms with Crippen molar-refractivity contribution in [3.05, 3.63) is 0 Å². The number of hydrogen-bond acceptors (Lipinski definition) is 3. The van der Waals surface area contributed by atoms with Crippen molar-refractivity contribution in [2.24, 2.45) is 11.3 Å². The molecule has 0 saturated carbocycles. The first-order chi connectivity index (χ1) is 8.04. The normalized spacial score (nSPS) is 27.1. The van der Waals surface area contributed by atoms with Crippen LogP contribution in [0.15, 0.2) is 0 Å². The quantitative estimate of drug-likeness (QED) is 0.849. The zero-order chi connectivity index (χ0) is 14.1. The van der Waals surface area contributed by atoms with E-state index in [1.807, 2.05) is 20.8 Å². The molecule has 5 nitrogen and oxygen atoms in total. The lowest BCUT2D eigenvalue weighted by Gasteiger charge is -2.37. The molecule has 6 heteroatoms. The Bertz CT molecular complexity index is 410. The molecule has 0 aliphatic carbocycles. The number of rotatable bonds is 3. The lowest BCUT2D eigenvalue weighted by Crippen LogP contribution is -2.53. The number of nitrogens with zero attached hydrogens (tertiary/aromatic N) is 1. The first-order valence-corrected chi connectivity index (χ1v) is 7.88. The molecule has 2 unspecified atom stereocenters. The Morgan fingerprint density at radius 2 is 1.94 bits per heavy atom. The van der Waals surface area contributed by atoms with E-state index in [4.69, 9.17) is 0 Å². The summed E-state index contributed by atoms with van der Waals surface area (Å²) in [5.74, 6) is -1.19. The number of sulfonamides is 1. The first-order valence-electron chi connectivity index (χ1n) is 6.27. The van der Waals surface area contributed by atoms with Crippen molar-refractivity contribution in [1.29, 1.82) is 0 Å².